The fourth-order valence-corrected chi connectivity index (χ4v) is 4.80. The maximum atomic E-state index is 3.67. The van der Waals surface area contributed by atoms with Crippen LogP contribution in [0.3, 0.4) is 0 Å². The van der Waals surface area contributed by atoms with Crippen LogP contribution in [0.15, 0.2) is 0 Å². The minimum Gasteiger partial charge on any atom is -0.328 e. The average molecular weight is 552 g/mol. The first-order valence-electron chi connectivity index (χ1n) is 9.64. The molecule has 0 atom stereocenters. The Kier molecular flexibility index (Phi) is 6.35. The van der Waals surface area contributed by atoms with Gasteiger partial charge in [-0.1, -0.05) is 31.6 Å². The number of hydrogen-bond donors (Lipinski definition) is 0. The van der Waals surface area contributed by atoms with Crippen molar-refractivity contribution in [2.45, 2.75) is 84.0 Å². The molecule has 0 unspecified atom stereocenters. The molecule has 0 aliphatic heterocycles. The third kappa shape index (κ3) is 4.53. The summed E-state index contributed by atoms with van der Waals surface area (Å²) in [6.07, 6.45) is 19.5. The Morgan fingerprint density at radius 3 is 1.64 bits per heavy atom. The molecule has 0 N–H and O–H groups in total. The second-order valence-electron chi connectivity index (χ2n) is 8.06. The normalized spacial score (nSPS) is 36.8. The predicted octanol–water partition coefficient (Wildman–Crippen LogP) is 6.02. The summed E-state index contributed by atoms with van der Waals surface area (Å²) in [5.41, 5.74) is 0. The molecular formula is C21H33Rf-. The van der Waals surface area contributed by atoms with Crippen LogP contribution in [0.2, 0.25) is 0 Å². The van der Waals surface area contributed by atoms with Gasteiger partial charge in [-0.05, 0) is 69.1 Å². The van der Waals surface area contributed by atoms with E-state index >= 15 is 0 Å². The molecular weight excluding hydrogens is 519 g/mol. The van der Waals surface area contributed by atoms with Crippen molar-refractivity contribution in [3.63, 3.8) is 0 Å². The molecule has 0 aromatic heterocycles. The van der Waals surface area contributed by atoms with Crippen molar-refractivity contribution >= 4 is 0 Å². The van der Waals surface area contributed by atoms with E-state index < -0.39 is 0 Å². The van der Waals surface area contributed by atoms with Gasteiger partial charge in [0, 0.05) is 11.8 Å². The van der Waals surface area contributed by atoms with Gasteiger partial charge in [0.25, 0.3) is 0 Å². The zero-order valence-corrected chi connectivity index (χ0v) is 21.1. The zero-order valence-electron chi connectivity index (χ0n) is 14.7. The number of rotatable bonds is 1. The molecule has 0 bridgehead atoms. The standard InChI is InChI=1S/C21H33.Rf/c1-17-7-9-18(10-8-17)11-12-19-13-15-21(16-14-19)20-5-3-2-4-6-20;/h2,17-21H,3-10,13-16H2,1H3;/q-1;. The van der Waals surface area contributed by atoms with Crippen molar-refractivity contribution in [1.82, 2.24) is 0 Å². The van der Waals surface area contributed by atoms with Gasteiger partial charge < -0.3 is 6.42 Å². The second kappa shape index (κ2) is 8.26. The summed E-state index contributed by atoms with van der Waals surface area (Å²) in [4.78, 5) is 0. The fourth-order valence-electron chi connectivity index (χ4n) is 4.80. The first kappa shape index (κ1) is 16.9. The smallest absolute Gasteiger partial charge is 0.0203 e. The van der Waals surface area contributed by atoms with Gasteiger partial charge in [0.15, 0.2) is 0 Å². The molecule has 0 nitrogen and oxygen atoms in total. The van der Waals surface area contributed by atoms with Crippen molar-refractivity contribution in [2.24, 2.45) is 29.6 Å². The van der Waals surface area contributed by atoms with Crippen LogP contribution in [-0.2, 0) is 0 Å². The Balaban J connectivity index is 0.00000176. The molecule has 3 saturated carbocycles. The van der Waals surface area contributed by atoms with Crippen LogP contribution in [0.1, 0.15) is 84.0 Å². The maximum Gasteiger partial charge on any atom is 0.0203 e. The monoisotopic (exact) mass is 552 g/mol. The van der Waals surface area contributed by atoms with Crippen molar-refractivity contribution in [2.75, 3.05) is 0 Å². The van der Waals surface area contributed by atoms with E-state index in [1.807, 2.05) is 0 Å². The van der Waals surface area contributed by atoms with E-state index in [4.69, 9.17) is 0 Å². The van der Waals surface area contributed by atoms with Crippen LogP contribution in [0.25, 0.3) is 0 Å². The minimum absolute atomic E-state index is 0. The summed E-state index contributed by atoms with van der Waals surface area (Å²) in [6.45, 7) is 2.40. The number of hydrogen-bond acceptors (Lipinski definition) is 0. The van der Waals surface area contributed by atoms with E-state index in [-0.39, 0.29) is 0 Å². The third-order valence-electron chi connectivity index (χ3n) is 6.43. The van der Waals surface area contributed by atoms with E-state index in [1.165, 1.54) is 77.0 Å². The molecule has 3 fully saturated rings. The van der Waals surface area contributed by atoms with Crippen LogP contribution >= 0.6 is 0 Å². The maximum absolute atomic E-state index is 3.67. The predicted molar refractivity (Wildman–Crippen MR) is 90.6 cm³/mol. The summed E-state index contributed by atoms with van der Waals surface area (Å²) in [7, 11) is 0. The van der Waals surface area contributed by atoms with E-state index in [0.717, 1.165) is 29.6 Å². The van der Waals surface area contributed by atoms with Crippen molar-refractivity contribution in [1.29, 1.82) is 0 Å². The molecule has 1 heteroatoms. The molecule has 0 radical (unpaired) electrons. The largest absolute Gasteiger partial charge is 0.328 e. The topological polar surface area (TPSA) is 0 Å². The molecule has 0 saturated heterocycles. The summed E-state index contributed by atoms with van der Waals surface area (Å²) >= 11 is 0. The Hall–Kier alpha value is -1.44. The van der Waals surface area contributed by atoms with Crippen LogP contribution in [0.4, 0.5) is 0 Å². The Morgan fingerprint density at radius 2 is 1.09 bits per heavy atom. The third-order valence-corrected chi connectivity index (χ3v) is 6.43. The molecule has 0 amide bonds. The van der Waals surface area contributed by atoms with Gasteiger partial charge >= 0.3 is 0 Å². The van der Waals surface area contributed by atoms with Crippen LogP contribution in [-0.4, -0.2) is 0 Å². The van der Waals surface area contributed by atoms with Gasteiger partial charge in [0.05, 0.1) is 0 Å². The first-order valence-corrected chi connectivity index (χ1v) is 9.64. The fraction of sp³-hybridized carbons (Fsp3) is 0.857. The average Bonchev–Trinajstić information content (AvgIpc) is 2.56. The van der Waals surface area contributed by atoms with Gasteiger partial charge in [-0.25, -0.2) is 0 Å². The van der Waals surface area contributed by atoms with Gasteiger partial charge in [0.2, 0.25) is 0 Å². The quantitative estimate of drug-likeness (QED) is 0.276. The molecule has 0 aromatic rings. The van der Waals surface area contributed by atoms with Crippen molar-refractivity contribution in [3.05, 3.63) is 6.42 Å². The van der Waals surface area contributed by atoms with Crippen molar-refractivity contribution in [3.8, 4) is 11.8 Å². The van der Waals surface area contributed by atoms with E-state index in [2.05, 4.69) is 25.2 Å². The van der Waals surface area contributed by atoms with Gasteiger partial charge in [-0.15, -0.1) is 0 Å². The van der Waals surface area contributed by atoms with Gasteiger partial charge in [0.1, 0.15) is 0 Å². The Labute approximate surface area is 132 Å². The second-order valence-corrected chi connectivity index (χ2v) is 8.06. The Morgan fingerprint density at radius 1 is 0.636 bits per heavy atom. The summed E-state index contributed by atoms with van der Waals surface area (Å²) < 4.78 is 0. The van der Waals surface area contributed by atoms with Gasteiger partial charge in [-0.3, -0.25) is 0 Å². The molecule has 3 rings (SSSR count). The Bertz CT molecular complexity index is 355. The molecule has 22 heavy (non-hydrogen) atoms. The van der Waals surface area contributed by atoms with E-state index in [1.54, 1.807) is 0 Å². The van der Waals surface area contributed by atoms with Crippen LogP contribution in [0.5, 0.6) is 0 Å². The van der Waals surface area contributed by atoms with E-state index in [9.17, 15) is 0 Å². The van der Waals surface area contributed by atoms with Gasteiger partial charge in [-0.2, -0.15) is 12.8 Å². The summed E-state index contributed by atoms with van der Waals surface area (Å²) in [6, 6.07) is 0. The molecule has 120 valence electrons. The molecule has 0 spiro atoms. The minimum atomic E-state index is 0. The van der Waals surface area contributed by atoms with E-state index in [0.29, 0.717) is 0 Å². The first-order chi connectivity index (χ1) is 10.3. The molecule has 0 heterocycles. The molecule has 3 aliphatic carbocycles. The van der Waals surface area contributed by atoms with Crippen LogP contribution < -0.4 is 0 Å². The molecule has 3 aliphatic rings. The van der Waals surface area contributed by atoms with Crippen LogP contribution in [0, 0.1) is 47.9 Å². The summed E-state index contributed by atoms with van der Waals surface area (Å²) in [5.74, 6) is 11.8. The summed E-state index contributed by atoms with van der Waals surface area (Å²) in [5, 5.41) is 0. The molecule has 0 aromatic carbocycles. The SMILES string of the molecule is CC1CCC(C#CC2CCC(C3CC[CH-]CC3)CC2)CC1.[Rf]. The zero-order chi connectivity index (χ0) is 14.5. The van der Waals surface area contributed by atoms with Crippen molar-refractivity contribution < 1.29 is 0 Å².